The van der Waals surface area contributed by atoms with Crippen molar-refractivity contribution in [1.82, 2.24) is 5.32 Å². The number of carbonyl (C=O) groups excluding carboxylic acids is 2. The summed E-state index contributed by atoms with van der Waals surface area (Å²) in [6.45, 7) is 4.89. The van der Waals surface area contributed by atoms with Crippen LogP contribution in [0.4, 0.5) is 8.78 Å². The number of rotatable bonds is 16. The molecule has 1 N–H and O–H groups in total. The summed E-state index contributed by atoms with van der Waals surface area (Å²) in [6.07, 6.45) is 15.7. The van der Waals surface area contributed by atoms with Gasteiger partial charge in [0.25, 0.3) is 11.0 Å². The predicted molar refractivity (Wildman–Crippen MR) is 169 cm³/mol. The molecule has 0 saturated heterocycles. The third kappa shape index (κ3) is 18.9. The summed E-state index contributed by atoms with van der Waals surface area (Å²) in [5.74, 6) is -2.68. The van der Waals surface area contributed by atoms with Crippen LogP contribution in [0.15, 0.2) is 78.9 Å². The Hall–Kier alpha value is -4.28. The molecule has 0 heterocycles. The van der Waals surface area contributed by atoms with Gasteiger partial charge in [0.2, 0.25) is 6.41 Å². The van der Waals surface area contributed by atoms with Crippen LogP contribution in [0.3, 0.4) is 0 Å². The first-order valence-electron chi connectivity index (χ1n) is 15.2. The van der Waals surface area contributed by atoms with Gasteiger partial charge in [-0.1, -0.05) is 93.3 Å². The minimum absolute atomic E-state index is 0.0546. The number of unbranched alkanes of at least 4 members (excludes halogenated alkanes) is 2. The van der Waals surface area contributed by atoms with E-state index in [9.17, 15) is 28.5 Å². The molecule has 1 atom stereocenters. The van der Waals surface area contributed by atoms with E-state index in [2.05, 4.69) is 36.2 Å². The highest BCUT2D eigenvalue weighted by Gasteiger charge is 2.27. The fourth-order valence-corrected chi connectivity index (χ4v) is 4.07. The average Bonchev–Trinajstić information content (AvgIpc) is 3.57. The zero-order valence-corrected chi connectivity index (χ0v) is 26.4. The highest BCUT2D eigenvalue weighted by molar-refractivity contribution is 5.77. The molecule has 1 unspecified atom stereocenters. The first-order chi connectivity index (χ1) is 21.6. The van der Waals surface area contributed by atoms with Crippen molar-refractivity contribution in [3.05, 3.63) is 100 Å². The lowest BCUT2D eigenvalue weighted by atomic mass is 10.1. The average molecular weight is 633 g/mol. The molecule has 0 aromatic heterocycles. The number of esters is 1. The number of hydrogen-bond donors (Lipinski definition) is 1. The smallest absolute Gasteiger partial charge is 0.328 e. The number of para-hydroxylation sites is 1. The number of nitrogens with zero attached hydrogens (tertiary/aromatic N) is 1. The molecule has 0 aliphatic heterocycles. The van der Waals surface area contributed by atoms with Gasteiger partial charge in [0.15, 0.2) is 6.61 Å². The summed E-state index contributed by atoms with van der Waals surface area (Å²) >= 11 is 0. The number of hydrogen-bond acceptors (Lipinski definition) is 7. The van der Waals surface area contributed by atoms with E-state index in [-0.39, 0.29) is 13.2 Å². The van der Waals surface area contributed by atoms with Crippen LogP contribution in [0, 0.1) is 16.0 Å². The monoisotopic (exact) mass is 632 g/mol. The predicted octanol–water partition coefficient (Wildman–Crippen LogP) is 7.77. The molecule has 9 nitrogen and oxygen atoms in total. The topological polar surface area (TPSA) is 117 Å². The van der Waals surface area contributed by atoms with Gasteiger partial charge in [-0.15, -0.1) is 10.1 Å². The van der Waals surface area contributed by atoms with Gasteiger partial charge < -0.3 is 19.6 Å². The Balaban J connectivity index is 0.000000374. The second-order valence-corrected chi connectivity index (χ2v) is 10.4. The molecule has 1 aliphatic rings. The maximum Gasteiger partial charge on any atom is 0.328 e. The minimum atomic E-state index is -2.89. The molecule has 1 saturated carbocycles. The summed E-state index contributed by atoms with van der Waals surface area (Å²) in [5, 5.41) is 11.5. The van der Waals surface area contributed by atoms with E-state index in [1.807, 2.05) is 6.07 Å². The normalized spacial score (nSPS) is 13.6. The second kappa shape index (κ2) is 23.1. The third-order valence-electron chi connectivity index (χ3n) is 6.63. The molecule has 3 rings (SSSR count). The van der Waals surface area contributed by atoms with E-state index in [4.69, 9.17) is 9.47 Å². The molecular weight excluding hydrogens is 586 g/mol. The molecule has 248 valence electrons. The summed E-state index contributed by atoms with van der Waals surface area (Å²) in [5.41, 5.74) is 1.15. The number of allylic oxidation sites excluding steroid dienone is 3. The molecule has 45 heavy (non-hydrogen) atoms. The number of halogens is 2. The number of benzene rings is 2. The summed E-state index contributed by atoms with van der Waals surface area (Å²) in [4.78, 5) is 36.2. The highest BCUT2D eigenvalue weighted by atomic mass is 19.3. The Morgan fingerprint density at radius 3 is 2.29 bits per heavy atom. The molecule has 1 aliphatic carbocycles. The van der Waals surface area contributed by atoms with Crippen molar-refractivity contribution in [3.8, 4) is 5.75 Å². The molecule has 2 aromatic rings. The lowest BCUT2D eigenvalue weighted by Crippen LogP contribution is -2.34. The van der Waals surface area contributed by atoms with Crippen LogP contribution in [0.2, 0.25) is 0 Å². The van der Waals surface area contributed by atoms with Crippen LogP contribution < -0.4 is 10.1 Å². The van der Waals surface area contributed by atoms with Crippen LogP contribution >= 0.6 is 0 Å². The van der Waals surface area contributed by atoms with Crippen molar-refractivity contribution in [2.24, 2.45) is 5.92 Å². The fraction of sp³-hybridized carbons (Fsp3) is 0.471. The summed E-state index contributed by atoms with van der Waals surface area (Å²) in [6, 6.07) is 14.7. The largest absolute Gasteiger partial charge is 0.487 e. The number of ether oxygens (including phenoxy) is 2. The molecule has 0 radical (unpaired) electrons. The Kier molecular flexibility index (Phi) is 19.9. The minimum Gasteiger partial charge on any atom is -0.487 e. The van der Waals surface area contributed by atoms with E-state index >= 15 is 0 Å². The van der Waals surface area contributed by atoms with E-state index in [1.165, 1.54) is 26.2 Å². The van der Waals surface area contributed by atoms with Gasteiger partial charge in [-0.05, 0) is 68.4 Å². The van der Waals surface area contributed by atoms with Crippen molar-refractivity contribution in [2.75, 3.05) is 6.61 Å². The van der Waals surface area contributed by atoms with Gasteiger partial charge in [-0.3, -0.25) is 4.79 Å². The van der Waals surface area contributed by atoms with Gasteiger partial charge in [0.1, 0.15) is 25.0 Å². The number of nitrogens with one attached hydrogen (secondary N) is 1. The quantitative estimate of drug-likeness (QED) is 0.0502. The van der Waals surface area contributed by atoms with Crippen molar-refractivity contribution in [2.45, 2.75) is 90.9 Å². The summed E-state index contributed by atoms with van der Waals surface area (Å²) < 4.78 is 37.2. The Morgan fingerprint density at radius 1 is 1.09 bits per heavy atom. The second-order valence-electron chi connectivity index (χ2n) is 10.4. The van der Waals surface area contributed by atoms with Crippen LogP contribution in [-0.2, 0) is 32.4 Å². The van der Waals surface area contributed by atoms with Crippen molar-refractivity contribution in [3.63, 3.8) is 0 Å². The van der Waals surface area contributed by atoms with Gasteiger partial charge in [0, 0.05) is 0 Å². The highest BCUT2D eigenvalue weighted by Crippen LogP contribution is 2.28. The Morgan fingerprint density at radius 2 is 1.71 bits per heavy atom. The lowest BCUT2D eigenvalue weighted by molar-refractivity contribution is -0.763. The van der Waals surface area contributed by atoms with Gasteiger partial charge in [-0.2, -0.15) is 8.78 Å². The Bertz CT molecular complexity index is 1170. The number of amides is 1. The standard InChI is InChI=1S/C15H18F2O.C12H14N2O6.C7H14/c16-15(17,11-10-13-6-4-5-7-13)12-18-14-8-2-1-3-9-14;1-9(13-8-15)12(16)19-6-10-4-2-3-5-11(10)7-20-14(17)18;1-3-5-7-6-4-2/h1-3,8-11,13H,4-7,12H2;2-5,8-9H,6-7H2,1H3,(H,13,15);3,5H,4,6-7H2,1-2H3/b11-10+;;5-3-. The van der Waals surface area contributed by atoms with Gasteiger partial charge in [0.05, 0.1) is 0 Å². The molecule has 0 bridgehead atoms. The first-order valence-corrected chi connectivity index (χ1v) is 15.2. The maximum atomic E-state index is 13.6. The van der Waals surface area contributed by atoms with E-state index in [1.54, 1.807) is 54.6 Å². The number of carbonyl (C=O) groups is 2. The van der Waals surface area contributed by atoms with Crippen molar-refractivity contribution in [1.29, 1.82) is 0 Å². The zero-order chi connectivity index (χ0) is 33.3. The van der Waals surface area contributed by atoms with Crippen LogP contribution in [0.1, 0.15) is 76.8 Å². The van der Waals surface area contributed by atoms with Crippen molar-refractivity contribution >= 4 is 12.4 Å². The van der Waals surface area contributed by atoms with E-state index < -0.39 is 29.6 Å². The van der Waals surface area contributed by atoms with Crippen LogP contribution in [0.25, 0.3) is 0 Å². The van der Waals surface area contributed by atoms with Crippen LogP contribution in [-0.4, -0.2) is 36.0 Å². The summed E-state index contributed by atoms with van der Waals surface area (Å²) in [7, 11) is 0. The zero-order valence-electron chi connectivity index (χ0n) is 26.4. The fourth-order valence-electron chi connectivity index (χ4n) is 4.07. The van der Waals surface area contributed by atoms with Gasteiger partial charge in [-0.25, -0.2) is 4.79 Å². The van der Waals surface area contributed by atoms with E-state index in [0.29, 0.717) is 29.2 Å². The molecule has 1 fully saturated rings. The first kappa shape index (κ1) is 38.7. The number of alkyl halides is 2. The van der Waals surface area contributed by atoms with Crippen molar-refractivity contribution < 1.29 is 37.8 Å². The van der Waals surface area contributed by atoms with Gasteiger partial charge >= 0.3 is 5.97 Å². The molecule has 11 heteroatoms. The van der Waals surface area contributed by atoms with Crippen LogP contribution in [0.5, 0.6) is 5.75 Å². The lowest BCUT2D eigenvalue weighted by Gasteiger charge is -2.14. The third-order valence-corrected chi connectivity index (χ3v) is 6.63. The Labute approximate surface area is 264 Å². The maximum absolute atomic E-state index is 13.6. The molecule has 0 spiro atoms. The SMILES string of the molecule is C/C=C\CCCC.CC(NC=O)C(=O)OCc1ccccc1CO[N+](=O)[O-].FC(F)(/C=C/C1CCCC1)COc1ccccc1. The van der Waals surface area contributed by atoms with E-state index in [0.717, 1.165) is 31.8 Å². The molecule has 1 amide bonds. The molecular formula is C34H46F2N2O7. The molecule has 2 aromatic carbocycles.